The molecule has 0 saturated carbocycles. The summed E-state index contributed by atoms with van der Waals surface area (Å²) in [4.78, 5) is 22.1. The Morgan fingerprint density at radius 3 is 2.63 bits per heavy atom. The van der Waals surface area contributed by atoms with Crippen LogP contribution in [-0.4, -0.2) is 54.0 Å². The van der Waals surface area contributed by atoms with Gasteiger partial charge in [0, 0.05) is 56.6 Å². The molecule has 1 aliphatic heterocycles. The van der Waals surface area contributed by atoms with Gasteiger partial charge in [0.25, 0.3) is 5.91 Å². The van der Waals surface area contributed by atoms with Crippen molar-refractivity contribution in [3.63, 3.8) is 0 Å². The Morgan fingerprint density at radius 1 is 1.14 bits per heavy atom. The van der Waals surface area contributed by atoms with Crippen molar-refractivity contribution in [2.75, 3.05) is 33.3 Å². The lowest BCUT2D eigenvalue weighted by Crippen LogP contribution is -2.39. The fraction of sp³-hybridized carbons (Fsp3) is 0.379. The highest BCUT2D eigenvalue weighted by Crippen LogP contribution is 2.36. The molecule has 1 aromatic heterocycles. The summed E-state index contributed by atoms with van der Waals surface area (Å²) in [5.74, 6) is 1.29. The van der Waals surface area contributed by atoms with E-state index < -0.39 is 0 Å². The number of halogens is 1. The van der Waals surface area contributed by atoms with Crippen LogP contribution in [0.1, 0.15) is 41.3 Å². The van der Waals surface area contributed by atoms with Crippen LogP contribution in [0.15, 0.2) is 73.1 Å². The van der Waals surface area contributed by atoms with E-state index >= 15 is 0 Å². The van der Waals surface area contributed by atoms with Crippen molar-refractivity contribution in [1.82, 2.24) is 14.8 Å². The zero-order valence-electron chi connectivity index (χ0n) is 20.7. The molecule has 6 heteroatoms. The summed E-state index contributed by atoms with van der Waals surface area (Å²) in [5, 5.41) is 0. The molecule has 2 atom stereocenters. The largest absolute Gasteiger partial charge is 0.497 e. The van der Waals surface area contributed by atoms with Crippen LogP contribution in [-0.2, 0) is 6.54 Å². The zero-order chi connectivity index (χ0) is 24.8. The molecule has 35 heavy (non-hydrogen) atoms. The molecule has 184 valence electrons. The minimum Gasteiger partial charge on any atom is -0.497 e. The van der Waals surface area contributed by atoms with Crippen LogP contribution < -0.4 is 4.74 Å². The normalized spacial score (nSPS) is 18.1. The molecule has 0 aliphatic carbocycles. The van der Waals surface area contributed by atoms with Gasteiger partial charge in [0.05, 0.1) is 7.11 Å². The van der Waals surface area contributed by atoms with Gasteiger partial charge in [-0.2, -0.15) is 0 Å². The third kappa shape index (κ3) is 6.45. The van der Waals surface area contributed by atoms with Crippen LogP contribution >= 0.6 is 0 Å². The first-order chi connectivity index (χ1) is 16.9. The Hall–Kier alpha value is -3.25. The minimum absolute atomic E-state index is 0.0474. The molecule has 3 aromatic rings. The van der Waals surface area contributed by atoms with Gasteiger partial charge in [-0.15, -0.1) is 0 Å². The maximum Gasteiger partial charge on any atom is 0.253 e. The molecule has 0 radical (unpaired) electrons. The Morgan fingerprint density at radius 2 is 1.94 bits per heavy atom. The summed E-state index contributed by atoms with van der Waals surface area (Å²) < 4.78 is 19.0. The minimum atomic E-state index is -0.336. The number of pyridine rings is 1. The standard InChI is InChI=1S/C29H34FN3O2/c1-21(2)16-33(29(34)23-9-11-26(30)12-10-23)19-25-18-32(17-22-6-5-13-31-15-22)20-28(25)24-7-4-8-27(14-24)35-3/h4-15,21,25,28H,16-20H2,1-3H3. The number of ether oxygens (including phenoxy) is 1. The number of methoxy groups -OCH3 is 1. The predicted octanol–water partition coefficient (Wildman–Crippen LogP) is 5.24. The van der Waals surface area contributed by atoms with Gasteiger partial charge in [-0.3, -0.25) is 14.7 Å². The molecule has 0 bridgehead atoms. The average molecular weight is 476 g/mol. The van der Waals surface area contributed by atoms with Crippen LogP contribution in [0, 0.1) is 17.7 Å². The van der Waals surface area contributed by atoms with Crippen molar-refractivity contribution >= 4 is 5.91 Å². The van der Waals surface area contributed by atoms with E-state index in [2.05, 4.69) is 41.9 Å². The highest BCUT2D eigenvalue weighted by atomic mass is 19.1. The van der Waals surface area contributed by atoms with E-state index in [1.165, 1.54) is 23.3 Å². The topological polar surface area (TPSA) is 45.7 Å². The summed E-state index contributed by atoms with van der Waals surface area (Å²) in [7, 11) is 1.69. The van der Waals surface area contributed by atoms with Crippen LogP contribution in [0.25, 0.3) is 0 Å². The number of carbonyl (C=O) groups is 1. The smallest absolute Gasteiger partial charge is 0.253 e. The van der Waals surface area contributed by atoms with E-state index in [-0.39, 0.29) is 23.6 Å². The number of hydrogen-bond acceptors (Lipinski definition) is 4. The quantitative estimate of drug-likeness (QED) is 0.424. The van der Waals surface area contributed by atoms with E-state index in [9.17, 15) is 9.18 Å². The Labute approximate surface area is 207 Å². The first-order valence-corrected chi connectivity index (χ1v) is 12.2. The fourth-order valence-corrected chi connectivity index (χ4v) is 5.01. The maximum atomic E-state index is 13.5. The predicted molar refractivity (Wildman–Crippen MR) is 136 cm³/mol. The number of rotatable bonds is 9. The van der Waals surface area contributed by atoms with Gasteiger partial charge in [-0.25, -0.2) is 4.39 Å². The van der Waals surface area contributed by atoms with Gasteiger partial charge in [0.2, 0.25) is 0 Å². The van der Waals surface area contributed by atoms with E-state index in [1.807, 2.05) is 29.3 Å². The van der Waals surface area contributed by atoms with Crippen molar-refractivity contribution in [1.29, 1.82) is 0 Å². The third-order valence-corrected chi connectivity index (χ3v) is 6.59. The van der Waals surface area contributed by atoms with Gasteiger partial charge < -0.3 is 9.64 Å². The number of aromatic nitrogens is 1. The SMILES string of the molecule is COc1cccc(C2CN(Cc3cccnc3)CC2CN(CC(C)C)C(=O)c2ccc(F)cc2)c1. The first kappa shape index (κ1) is 24.9. The third-order valence-electron chi connectivity index (χ3n) is 6.59. The average Bonchev–Trinajstić information content (AvgIpc) is 3.26. The van der Waals surface area contributed by atoms with Crippen LogP contribution in [0.3, 0.4) is 0 Å². The van der Waals surface area contributed by atoms with Crippen LogP contribution in [0.2, 0.25) is 0 Å². The lowest BCUT2D eigenvalue weighted by molar-refractivity contribution is 0.0703. The molecule has 1 aliphatic rings. The number of amides is 1. The van der Waals surface area contributed by atoms with Crippen LogP contribution in [0.5, 0.6) is 5.75 Å². The fourth-order valence-electron chi connectivity index (χ4n) is 5.01. The molecule has 0 N–H and O–H groups in total. The number of nitrogens with zero attached hydrogens (tertiary/aromatic N) is 3. The van der Waals surface area contributed by atoms with E-state index in [4.69, 9.17) is 4.74 Å². The summed E-state index contributed by atoms with van der Waals surface area (Å²) in [6.07, 6.45) is 3.71. The van der Waals surface area contributed by atoms with Gasteiger partial charge in [0.15, 0.2) is 0 Å². The van der Waals surface area contributed by atoms with E-state index in [0.29, 0.717) is 24.6 Å². The molecule has 2 heterocycles. The van der Waals surface area contributed by atoms with Crippen molar-refractivity contribution in [2.24, 2.45) is 11.8 Å². The second-order valence-electron chi connectivity index (χ2n) is 9.81. The molecule has 4 rings (SSSR count). The monoisotopic (exact) mass is 475 g/mol. The molecule has 1 saturated heterocycles. The van der Waals surface area contributed by atoms with Crippen LogP contribution in [0.4, 0.5) is 4.39 Å². The van der Waals surface area contributed by atoms with Gasteiger partial charge in [-0.1, -0.05) is 32.0 Å². The summed E-state index contributed by atoms with van der Waals surface area (Å²) >= 11 is 0. The molecule has 2 unspecified atom stereocenters. The van der Waals surface area contributed by atoms with E-state index in [1.54, 1.807) is 25.4 Å². The van der Waals surface area contributed by atoms with Gasteiger partial charge in [-0.05, 0) is 65.4 Å². The van der Waals surface area contributed by atoms with Crippen molar-refractivity contribution in [3.05, 3.63) is 95.6 Å². The van der Waals surface area contributed by atoms with Gasteiger partial charge >= 0.3 is 0 Å². The molecule has 2 aromatic carbocycles. The summed E-state index contributed by atoms with van der Waals surface area (Å²) in [5.41, 5.74) is 2.93. The highest BCUT2D eigenvalue weighted by Gasteiger charge is 2.36. The Kier molecular flexibility index (Phi) is 8.13. The number of benzene rings is 2. The van der Waals surface area contributed by atoms with Crippen molar-refractivity contribution in [2.45, 2.75) is 26.3 Å². The number of carbonyl (C=O) groups excluding carboxylic acids is 1. The number of hydrogen-bond donors (Lipinski definition) is 0. The van der Waals surface area contributed by atoms with Crippen molar-refractivity contribution < 1.29 is 13.9 Å². The second-order valence-corrected chi connectivity index (χ2v) is 9.81. The Balaban J connectivity index is 1.59. The highest BCUT2D eigenvalue weighted by molar-refractivity contribution is 5.94. The number of likely N-dealkylation sites (tertiary alicyclic amines) is 1. The van der Waals surface area contributed by atoms with E-state index in [0.717, 1.165) is 25.4 Å². The zero-order valence-corrected chi connectivity index (χ0v) is 20.7. The molecular weight excluding hydrogens is 441 g/mol. The first-order valence-electron chi connectivity index (χ1n) is 12.2. The molecular formula is C29H34FN3O2. The Bertz CT molecular complexity index is 1100. The molecule has 5 nitrogen and oxygen atoms in total. The molecule has 1 amide bonds. The maximum absolute atomic E-state index is 13.5. The van der Waals surface area contributed by atoms with Gasteiger partial charge in [0.1, 0.15) is 11.6 Å². The lowest BCUT2D eigenvalue weighted by atomic mass is 9.88. The van der Waals surface area contributed by atoms with Crippen molar-refractivity contribution in [3.8, 4) is 5.75 Å². The molecule has 0 spiro atoms. The lowest BCUT2D eigenvalue weighted by Gasteiger charge is -2.30. The summed E-state index contributed by atoms with van der Waals surface area (Å²) in [6, 6.07) is 18.2. The summed E-state index contributed by atoms with van der Waals surface area (Å²) in [6.45, 7) is 8.12. The molecule has 1 fully saturated rings. The second kappa shape index (κ2) is 11.5.